The minimum absolute atomic E-state index is 0.00438. The summed E-state index contributed by atoms with van der Waals surface area (Å²) < 4.78 is 52.4. The molecule has 1 N–H and O–H groups in total. The summed E-state index contributed by atoms with van der Waals surface area (Å²) in [5.41, 5.74) is -3.06. The van der Waals surface area contributed by atoms with Crippen molar-refractivity contribution < 1.29 is 46.0 Å². The Morgan fingerprint density at radius 3 is 2.37 bits per heavy atom. The Bertz CT molecular complexity index is 2140. The zero-order chi connectivity index (χ0) is 41.7. The molecule has 0 radical (unpaired) electrons. The standard InChI is InChI=1S/C41H55N5O10S/c1-10-25-22-41(25,37(50)44-57(51,52)56-40(8)14-15-40)23-32(47)31-19-27(24-45(31)36(49)29(38(2,3)4)20-35(48)55-39(5,6)7)54-33-21-34(46-17-11-16-42-46)43-30-18-26(53-9)12-13-28(30)33/h11-13,16-18,21,25,27,29,31H,10,14-15,19-20,22-24H2,1-9H3,(H,44,50)/t25-,27-,29-,31+,41-/m1/s1. The van der Waals surface area contributed by atoms with Crippen molar-refractivity contribution in [3.63, 3.8) is 0 Å². The van der Waals surface area contributed by atoms with E-state index in [1.807, 2.05) is 33.8 Å². The lowest BCUT2D eigenvalue weighted by atomic mass is 9.77. The molecule has 16 heteroatoms. The lowest BCUT2D eigenvalue weighted by Crippen LogP contribution is -2.49. The van der Waals surface area contributed by atoms with E-state index >= 15 is 0 Å². The van der Waals surface area contributed by atoms with Crippen LogP contribution in [-0.4, -0.2) is 88.7 Å². The summed E-state index contributed by atoms with van der Waals surface area (Å²) in [6, 6.07) is 7.85. The van der Waals surface area contributed by atoms with Crippen LogP contribution in [0.4, 0.5) is 0 Å². The number of nitrogens with one attached hydrogen (secondary N) is 1. The van der Waals surface area contributed by atoms with Crippen molar-refractivity contribution in [3.05, 3.63) is 42.7 Å². The fourth-order valence-electron chi connectivity index (χ4n) is 7.71. The summed E-state index contributed by atoms with van der Waals surface area (Å²) in [5, 5.41) is 5.00. The maximum atomic E-state index is 14.8. The second-order valence-corrected chi connectivity index (χ2v) is 19.3. The van der Waals surface area contributed by atoms with Crippen LogP contribution >= 0.6 is 0 Å². The Morgan fingerprint density at radius 1 is 1.07 bits per heavy atom. The summed E-state index contributed by atoms with van der Waals surface area (Å²) in [5.74, 6) is -1.77. The lowest BCUT2D eigenvalue weighted by molar-refractivity contribution is -0.161. The van der Waals surface area contributed by atoms with Crippen LogP contribution in [0.15, 0.2) is 42.7 Å². The van der Waals surface area contributed by atoms with E-state index in [9.17, 15) is 27.6 Å². The molecule has 3 heterocycles. The Kier molecular flexibility index (Phi) is 11.3. The first-order valence-corrected chi connectivity index (χ1v) is 20.9. The van der Waals surface area contributed by atoms with Gasteiger partial charge in [0, 0.05) is 42.8 Å². The fraction of sp³-hybridized carbons (Fsp3) is 0.610. The number of esters is 1. The number of aromatic nitrogens is 3. The van der Waals surface area contributed by atoms with E-state index in [0.29, 0.717) is 53.9 Å². The van der Waals surface area contributed by atoms with E-state index in [1.165, 1.54) is 4.90 Å². The van der Waals surface area contributed by atoms with Gasteiger partial charge in [-0.2, -0.15) is 13.5 Å². The second kappa shape index (κ2) is 15.3. The highest BCUT2D eigenvalue weighted by molar-refractivity contribution is 7.85. The van der Waals surface area contributed by atoms with Gasteiger partial charge < -0.3 is 19.1 Å². The number of hydrogen-bond acceptors (Lipinski definition) is 12. The largest absolute Gasteiger partial charge is 0.497 e. The Morgan fingerprint density at radius 2 is 1.79 bits per heavy atom. The predicted molar refractivity (Wildman–Crippen MR) is 210 cm³/mol. The zero-order valence-electron chi connectivity index (χ0n) is 34.3. The molecule has 1 aliphatic heterocycles. The summed E-state index contributed by atoms with van der Waals surface area (Å²) in [4.78, 5) is 62.6. The smallest absolute Gasteiger partial charge is 0.362 e. The molecule has 6 rings (SSSR count). The summed E-state index contributed by atoms with van der Waals surface area (Å²) in [7, 11) is -2.87. The van der Waals surface area contributed by atoms with Crippen molar-refractivity contribution in [2.24, 2.45) is 22.7 Å². The molecule has 3 fully saturated rings. The van der Waals surface area contributed by atoms with Crippen LogP contribution in [-0.2, 0) is 38.4 Å². The topological polar surface area (TPSA) is 185 Å². The number of hydrogen-bond donors (Lipinski definition) is 1. The molecule has 0 spiro atoms. The minimum atomic E-state index is -4.43. The number of amides is 2. The van der Waals surface area contributed by atoms with Crippen LogP contribution in [0.25, 0.3) is 16.7 Å². The van der Waals surface area contributed by atoms with Gasteiger partial charge in [0.15, 0.2) is 11.6 Å². The third kappa shape index (κ3) is 9.60. The van der Waals surface area contributed by atoms with E-state index in [0.717, 1.165) is 0 Å². The highest BCUT2D eigenvalue weighted by Crippen LogP contribution is 2.58. The highest BCUT2D eigenvalue weighted by Gasteiger charge is 2.62. The summed E-state index contributed by atoms with van der Waals surface area (Å²) >= 11 is 0. The third-order valence-corrected chi connectivity index (χ3v) is 12.3. The van der Waals surface area contributed by atoms with Gasteiger partial charge in [-0.3, -0.25) is 19.2 Å². The maximum Gasteiger partial charge on any atom is 0.362 e. The SMILES string of the molecule is CC[C@@H]1C[C@]1(CC(=O)[C@@H]1C[C@@H](Oc2cc(-n3cccn3)nc3cc(OC)ccc23)CN1C(=O)[C@@H](CC(=O)OC(C)(C)C)C(C)(C)C)C(=O)NS(=O)(=O)OC1(C)CC1. The molecule has 5 atom stereocenters. The van der Waals surface area contributed by atoms with Crippen molar-refractivity contribution in [3.8, 4) is 17.3 Å². The van der Waals surface area contributed by atoms with Crippen LogP contribution in [0.5, 0.6) is 11.5 Å². The van der Waals surface area contributed by atoms with Crippen molar-refractivity contribution in [2.45, 2.75) is 124 Å². The average Bonchev–Trinajstić information content (AvgIpc) is 3.82. The summed E-state index contributed by atoms with van der Waals surface area (Å²) in [6.07, 6.45) is 4.21. The van der Waals surface area contributed by atoms with Crippen LogP contribution < -0.4 is 14.2 Å². The predicted octanol–water partition coefficient (Wildman–Crippen LogP) is 5.48. The van der Waals surface area contributed by atoms with E-state index in [1.54, 1.807) is 76.1 Å². The quantitative estimate of drug-likeness (QED) is 0.191. The number of methoxy groups -OCH3 is 1. The Balaban J connectivity index is 1.33. The molecular weight excluding hydrogens is 755 g/mol. The first-order valence-electron chi connectivity index (χ1n) is 19.5. The van der Waals surface area contributed by atoms with Crippen LogP contribution in [0.2, 0.25) is 0 Å². The van der Waals surface area contributed by atoms with Crippen LogP contribution in [0.3, 0.4) is 0 Å². The van der Waals surface area contributed by atoms with Gasteiger partial charge in [-0.25, -0.2) is 18.6 Å². The molecule has 0 bridgehead atoms. The van der Waals surface area contributed by atoms with Crippen LogP contribution in [0, 0.1) is 22.7 Å². The second-order valence-electron chi connectivity index (χ2n) is 18.0. The maximum absolute atomic E-state index is 14.8. The van der Waals surface area contributed by atoms with Crippen molar-refractivity contribution in [1.82, 2.24) is 24.4 Å². The number of pyridine rings is 1. The van der Waals surface area contributed by atoms with Gasteiger partial charge in [-0.05, 0) is 76.5 Å². The van der Waals surface area contributed by atoms with Gasteiger partial charge in [-0.15, -0.1) is 0 Å². The molecule has 15 nitrogen and oxygen atoms in total. The molecule has 1 aromatic carbocycles. The zero-order valence-corrected chi connectivity index (χ0v) is 35.1. The van der Waals surface area contributed by atoms with E-state index in [4.69, 9.17) is 23.4 Å². The molecule has 2 aliphatic carbocycles. The van der Waals surface area contributed by atoms with E-state index in [2.05, 4.69) is 9.82 Å². The number of benzene rings is 1. The number of likely N-dealkylation sites (tertiary alicyclic amines) is 1. The number of carbonyl (C=O) groups excluding carboxylic acids is 4. The van der Waals surface area contributed by atoms with Crippen LogP contribution in [0.1, 0.15) is 100 Å². The van der Waals surface area contributed by atoms with Crippen molar-refractivity contribution >= 4 is 44.8 Å². The lowest BCUT2D eigenvalue weighted by Gasteiger charge is -2.35. The molecule has 1 saturated heterocycles. The molecular formula is C41H55N5O10S. The number of nitrogens with zero attached hydrogens (tertiary/aromatic N) is 4. The average molecular weight is 810 g/mol. The van der Waals surface area contributed by atoms with E-state index < -0.39 is 74.0 Å². The number of ether oxygens (including phenoxy) is 3. The fourth-order valence-corrected chi connectivity index (χ4v) is 8.88. The monoisotopic (exact) mass is 809 g/mol. The normalized spacial score (nSPS) is 23.5. The molecule has 2 aromatic heterocycles. The molecule has 0 unspecified atom stereocenters. The molecule has 2 amide bonds. The summed E-state index contributed by atoms with van der Waals surface area (Å²) in [6.45, 7) is 14.4. The third-order valence-electron chi connectivity index (χ3n) is 11.2. The van der Waals surface area contributed by atoms with Gasteiger partial charge in [-0.1, -0.05) is 34.1 Å². The molecule has 3 aromatic rings. The minimum Gasteiger partial charge on any atom is -0.497 e. The Labute approximate surface area is 334 Å². The van der Waals surface area contributed by atoms with Crippen molar-refractivity contribution in [1.29, 1.82) is 0 Å². The number of fused-ring (bicyclic) bond motifs is 1. The Hall–Kier alpha value is -4.57. The van der Waals surface area contributed by atoms with Gasteiger partial charge in [0.1, 0.15) is 23.2 Å². The number of carbonyl (C=O) groups is 4. The number of Topliss-reactive ketones (excluding diaryl/α,β-unsaturated/α-hetero) is 1. The highest BCUT2D eigenvalue weighted by atomic mass is 32.2. The van der Waals surface area contributed by atoms with Gasteiger partial charge >= 0.3 is 16.3 Å². The van der Waals surface area contributed by atoms with Gasteiger partial charge in [0.05, 0.1) is 48.6 Å². The number of rotatable bonds is 15. The van der Waals surface area contributed by atoms with Crippen molar-refractivity contribution in [2.75, 3.05) is 13.7 Å². The first-order chi connectivity index (χ1) is 26.5. The molecule has 3 aliphatic rings. The number of ketones is 1. The molecule has 310 valence electrons. The first kappa shape index (κ1) is 42.0. The van der Waals surface area contributed by atoms with E-state index in [-0.39, 0.29) is 31.7 Å². The molecule has 2 saturated carbocycles. The molecule has 57 heavy (non-hydrogen) atoms. The van der Waals surface area contributed by atoms with Gasteiger partial charge in [0.25, 0.3) is 0 Å². The van der Waals surface area contributed by atoms with Gasteiger partial charge in [0.2, 0.25) is 11.8 Å².